The van der Waals surface area contributed by atoms with E-state index >= 15 is 0 Å². The summed E-state index contributed by atoms with van der Waals surface area (Å²) in [4.78, 5) is 11.4. The smallest absolute Gasteiger partial charge is 0.337 e. The van der Waals surface area contributed by atoms with E-state index in [9.17, 15) is 18.3 Å². The predicted molar refractivity (Wildman–Crippen MR) is 67.2 cm³/mol. The third-order valence-corrected chi connectivity index (χ3v) is 4.92. The minimum absolute atomic E-state index is 0.106. The van der Waals surface area contributed by atoms with E-state index in [-0.39, 0.29) is 11.4 Å². The second kappa shape index (κ2) is 5.28. The highest BCUT2D eigenvalue weighted by atomic mass is 32.2. The molecule has 0 amide bonds. The fourth-order valence-corrected chi connectivity index (χ4v) is 3.45. The van der Waals surface area contributed by atoms with Crippen molar-refractivity contribution in [2.45, 2.75) is 17.4 Å². The maximum absolute atomic E-state index is 12.2. The Balaban J connectivity index is 2.24. The number of carbonyl (C=O) groups excluding carboxylic acids is 1. The zero-order valence-electron chi connectivity index (χ0n) is 10.4. The fourth-order valence-electron chi connectivity index (χ4n) is 1.96. The van der Waals surface area contributed by atoms with Gasteiger partial charge in [0.2, 0.25) is 10.0 Å². The Hall–Kier alpha value is -1.44. The monoisotopic (exact) mass is 285 g/mol. The van der Waals surface area contributed by atoms with Gasteiger partial charge in [-0.2, -0.15) is 4.31 Å². The number of ether oxygens (including phenoxy) is 1. The highest BCUT2D eigenvalue weighted by Gasteiger charge is 2.31. The number of nitrogens with zero attached hydrogens (tertiary/aromatic N) is 1. The lowest BCUT2D eigenvalue weighted by molar-refractivity contribution is 0.0600. The van der Waals surface area contributed by atoms with Crippen LogP contribution in [0.3, 0.4) is 0 Å². The number of aliphatic hydroxyl groups is 1. The van der Waals surface area contributed by atoms with E-state index in [0.29, 0.717) is 18.5 Å². The molecule has 1 atom stereocenters. The zero-order valence-corrected chi connectivity index (χ0v) is 11.3. The topological polar surface area (TPSA) is 83.9 Å². The highest BCUT2D eigenvalue weighted by molar-refractivity contribution is 7.89. The lowest BCUT2D eigenvalue weighted by Crippen LogP contribution is -2.29. The molecule has 0 saturated carbocycles. The van der Waals surface area contributed by atoms with Gasteiger partial charge in [0.15, 0.2) is 0 Å². The van der Waals surface area contributed by atoms with Crippen LogP contribution < -0.4 is 0 Å². The molecule has 0 radical (unpaired) electrons. The summed E-state index contributed by atoms with van der Waals surface area (Å²) < 4.78 is 30.2. The van der Waals surface area contributed by atoms with Crippen LogP contribution in [0, 0.1) is 0 Å². The van der Waals surface area contributed by atoms with Crippen LogP contribution in [-0.4, -0.2) is 50.1 Å². The summed E-state index contributed by atoms with van der Waals surface area (Å²) in [7, 11) is -2.34. The number of benzene rings is 1. The molecule has 0 aromatic heterocycles. The Bertz CT molecular complexity index is 566. The molecule has 7 heteroatoms. The molecule has 1 aromatic carbocycles. The van der Waals surface area contributed by atoms with Crippen molar-refractivity contribution in [2.24, 2.45) is 0 Å². The first kappa shape index (κ1) is 14.0. The number of hydrogen-bond acceptors (Lipinski definition) is 5. The third-order valence-electron chi connectivity index (χ3n) is 3.04. The summed E-state index contributed by atoms with van der Waals surface area (Å²) in [6, 6.07) is 5.55. The minimum atomic E-state index is -3.60. The average Bonchev–Trinajstić information content (AvgIpc) is 2.85. The molecule has 1 aromatic rings. The molecule has 1 aliphatic rings. The molecular formula is C12H15NO5S. The van der Waals surface area contributed by atoms with E-state index in [1.165, 1.54) is 35.7 Å². The van der Waals surface area contributed by atoms with Gasteiger partial charge >= 0.3 is 5.97 Å². The van der Waals surface area contributed by atoms with Gasteiger partial charge in [-0.25, -0.2) is 13.2 Å². The molecular weight excluding hydrogens is 270 g/mol. The van der Waals surface area contributed by atoms with Crippen molar-refractivity contribution in [3.63, 3.8) is 0 Å². The van der Waals surface area contributed by atoms with Crippen molar-refractivity contribution >= 4 is 16.0 Å². The van der Waals surface area contributed by atoms with Crippen molar-refractivity contribution in [3.8, 4) is 0 Å². The first-order valence-electron chi connectivity index (χ1n) is 5.82. The maximum Gasteiger partial charge on any atom is 0.337 e. The Morgan fingerprint density at radius 2 is 2.00 bits per heavy atom. The van der Waals surface area contributed by atoms with Gasteiger partial charge in [0.05, 0.1) is 23.7 Å². The van der Waals surface area contributed by atoms with E-state index in [1.54, 1.807) is 0 Å². The summed E-state index contributed by atoms with van der Waals surface area (Å²) in [5.41, 5.74) is 0.294. The quantitative estimate of drug-likeness (QED) is 0.804. The second-order valence-corrected chi connectivity index (χ2v) is 6.26. The van der Waals surface area contributed by atoms with Gasteiger partial charge in [-0.05, 0) is 30.7 Å². The van der Waals surface area contributed by atoms with E-state index in [1.807, 2.05) is 0 Å². The molecule has 1 N–H and O–H groups in total. The van der Waals surface area contributed by atoms with Crippen LogP contribution in [0.5, 0.6) is 0 Å². The summed E-state index contributed by atoms with van der Waals surface area (Å²) >= 11 is 0. The number of esters is 1. The highest BCUT2D eigenvalue weighted by Crippen LogP contribution is 2.21. The molecule has 1 aliphatic heterocycles. The molecule has 104 valence electrons. The second-order valence-electron chi connectivity index (χ2n) is 4.32. The number of hydrogen-bond donors (Lipinski definition) is 1. The number of aliphatic hydroxyl groups excluding tert-OH is 1. The molecule has 0 aliphatic carbocycles. The van der Waals surface area contributed by atoms with Crippen molar-refractivity contribution in [1.82, 2.24) is 4.31 Å². The number of β-amino-alcohol motifs (C(OH)–C–C–N with tert-alkyl or cyclic N) is 1. The van der Waals surface area contributed by atoms with Crippen LogP contribution >= 0.6 is 0 Å². The Labute approximate surface area is 111 Å². The van der Waals surface area contributed by atoms with Gasteiger partial charge in [0.1, 0.15) is 0 Å². The van der Waals surface area contributed by atoms with E-state index in [4.69, 9.17) is 0 Å². The third kappa shape index (κ3) is 2.78. The number of rotatable bonds is 3. The van der Waals surface area contributed by atoms with Gasteiger partial charge in [0, 0.05) is 13.1 Å². The average molecular weight is 285 g/mol. The van der Waals surface area contributed by atoms with Gasteiger partial charge in [-0.1, -0.05) is 0 Å². The van der Waals surface area contributed by atoms with Crippen molar-refractivity contribution in [1.29, 1.82) is 0 Å². The van der Waals surface area contributed by atoms with Crippen molar-refractivity contribution in [3.05, 3.63) is 29.8 Å². The summed E-state index contributed by atoms with van der Waals surface area (Å²) in [5, 5.41) is 9.39. The van der Waals surface area contributed by atoms with Crippen LogP contribution in [0.4, 0.5) is 0 Å². The molecule has 2 rings (SSSR count). The van der Waals surface area contributed by atoms with Crippen LogP contribution in [-0.2, 0) is 14.8 Å². The Morgan fingerprint density at radius 3 is 2.47 bits per heavy atom. The molecule has 0 bridgehead atoms. The fraction of sp³-hybridized carbons (Fsp3) is 0.417. The lowest BCUT2D eigenvalue weighted by atomic mass is 10.2. The van der Waals surface area contributed by atoms with Gasteiger partial charge in [-0.3, -0.25) is 0 Å². The van der Waals surface area contributed by atoms with Gasteiger partial charge < -0.3 is 9.84 Å². The summed E-state index contributed by atoms with van der Waals surface area (Å²) in [6.45, 7) is 0.420. The Kier molecular flexibility index (Phi) is 3.88. The van der Waals surface area contributed by atoms with Crippen molar-refractivity contribution < 1.29 is 23.1 Å². The molecule has 1 fully saturated rings. The van der Waals surface area contributed by atoms with E-state index in [2.05, 4.69) is 4.74 Å². The zero-order chi connectivity index (χ0) is 14.0. The van der Waals surface area contributed by atoms with Gasteiger partial charge in [-0.15, -0.1) is 0 Å². The Morgan fingerprint density at radius 1 is 1.37 bits per heavy atom. The summed E-state index contributed by atoms with van der Waals surface area (Å²) in [5.74, 6) is -0.513. The lowest BCUT2D eigenvalue weighted by Gasteiger charge is -2.15. The molecule has 0 unspecified atom stereocenters. The molecule has 0 spiro atoms. The summed E-state index contributed by atoms with van der Waals surface area (Å²) in [6.07, 6.45) is -0.163. The molecule has 6 nitrogen and oxygen atoms in total. The van der Waals surface area contributed by atoms with Crippen LogP contribution in [0.25, 0.3) is 0 Å². The first-order valence-corrected chi connectivity index (χ1v) is 7.26. The number of methoxy groups -OCH3 is 1. The van der Waals surface area contributed by atoms with E-state index < -0.39 is 22.1 Å². The van der Waals surface area contributed by atoms with Gasteiger partial charge in [0.25, 0.3) is 0 Å². The minimum Gasteiger partial charge on any atom is -0.465 e. The standard InChI is InChI=1S/C12H15NO5S/c1-18-12(15)9-2-4-11(5-3-9)19(16,17)13-7-6-10(14)8-13/h2-5,10,14H,6-8H2,1H3/t10-/m1/s1. The number of sulfonamides is 1. The van der Waals surface area contributed by atoms with Crippen LogP contribution in [0.2, 0.25) is 0 Å². The van der Waals surface area contributed by atoms with Crippen LogP contribution in [0.15, 0.2) is 29.2 Å². The first-order chi connectivity index (χ1) is 8.95. The normalized spacial score (nSPS) is 20.4. The van der Waals surface area contributed by atoms with Crippen molar-refractivity contribution in [2.75, 3.05) is 20.2 Å². The molecule has 1 heterocycles. The predicted octanol–water partition coefficient (Wildman–Crippen LogP) is 0.228. The molecule has 1 saturated heterocycles. The number of carbonyl (C=O) groups is 1. The largest absolute Gasteiger partial charge is 0.465 e. The van der Waals surface area contributed by atoms with Crippen LogP contribution in [0.1, 0.15) is 16.8 Å². The molecule has 19 heavy (non-hydrogen) atoms. The maximum atomic E-state index is 12.2. The van der Waals surface area contributed by atoms with E-state index in [0.717, 1.165) is 0 Å². The SMILES string of the molecule is COC(=O)c1ccc(S(=O)(=O)N2CC[C@@H](O)C2)cc1.